The van der Waals surface area contributed by atoms with E-state index in [4.69, 9.17) is 0 Å². The molecule has 0 fully saturated rings. The fourth-order valence-electron chi connectivity index (χ4n) is 3.99. The normalized spacial score (nSPS) is 13.1. The van der Waals surface area contributed by atoms with E-state index in [9.17, 15) is 18.0 Å². The van der Waals surface area contributed by atoms with Gasteiger partial charge in [-0.3, -0.25) is 20.4 Å². The van der Waals surface area contributed by atoms with Crippen molar-refractivity contribution in [3.63, 3.8) is 0 Å². The number of hydrazine groups is 1. The highest BCUT2D eigenvalue weighted by atomic mass is 32.2. The van der Waals surface area contributed by atoms with Gasteiger partial charge in [-0.25, -0.2) is 13.1 Å². The molecule has 0 spiro atoms. The van der Waals surface area contributed by atoms with Crippen LogP contribution in [0.1, 0.15) is 45.5 Å². The number of benzene rings is 3. The third-order valence-corrected chi connectivity index (χ3v) is 7.21. The lowest BCUT2D eigenvalue weighted by Crippen LogP contribution is -2.42. The Labute approximate surface area is 199 Å². The van der Waals surface area contributed by atoms with E-state index in [2.05, 4.69) is 27.7 Å². The lowest BCUT2D eigenvalue weighted by molar-refractivity contribution is -0.121. The molecule has 1 aliphatic rings. The van der Waals surface area contributed by atoms with Crippen LogP contribution in [0.4, 0.5) is 0 Å². The van der Waals surface area contributed by atoms with Gasteiger partial charge >= 0.3 is 0 Å². The number of carbonyl (C=O) groups excluding carboxylic acids is 2. The van der Waals surface area contributed by atoms with Gasteiger partial charge in [-0.15, -0.1) is 0 Å². The maximum absolute atomic E-state index is 12.6. The third kappa shape index (κ3) is 6.09. The van der Waals surface area contributed by atoms with Crippen molar-refractivity contribution in [1.29, 1.82) is 0 Å². The molecule has 3 N–H and O–H groups in total. The lowest BCUT2D eigenvalue weighted by Gasteiger charge is -2.16. The second-order valence-electron chi connectivity index (χ2n) is 8.33. The van der Waals surface area contributed by atoms with Crippen LogP contribution in [-0.4, -0.2) is 20.2 Å². The standard InChI is InChI=1S/C26H27N3O4S/c30-25(16-20-13-14-21-9-4-5-10-22(21)15-20)28-29-26(31)23-11-6-12-24(17-23)34(32,33)27-18-19-7-2-1-3-8-19/h1-3,6-8,11-15,17,27H,4-5,9-10,16,18H2,(H,28,30)(H,29,31). The highest BCUT2D eigenvalue weighted by Crippen LogP contribution is 2.22. The van der Waals surface area contributed by atoms with Crippen molar-refractivity contribution in [2.75, 3.05) is 0 Å². The van der Waals surface area contributed by atoms with E-state index in [1.165, 1.54) is 41.8 Å². The molecule has 1 aliphatic carbocycles. The van der Waals surface area contributed by atoms with Crippen molar-refractivity contribution in [2.24, 2.45) is 0 Å². The van der Waals surface area contributed by atoms with E-state index in [-0.39, 0.29) is 29.3 Å². The Bertz CT molecular complexity index is 1290. The van der Waals surface area contributed by atoms with Crippen LogP contribution >= 0.6 is 0 Å². The molecule has 3 aromatic rings. The Hall–Kier alpha value is -3.49. The van der Waals surface area contributed by atoms with Crippen molar-refractivity contribution >= 4 is 21.8 Å². The molecule has 0 radical (unpaired) electrons. The average molecular weight is 478 g/mol. The van der Waals surface area contributed by atoms with Crippen LogP contribution in [-0.2, 0) is 40.6 Å². The van der Waals surface area contributed by atoms with Crippen LogP contribution < -0.4 is 15.6 Å². The zero-order valence-corrected chi connectivity index (χ0v) is 19.5. The Kier molecular flexibility index (Phi) is 7.40. The van der Waals surface area contributed by atoms with E-state index < -0.39 is 15.9 Å². The Morgan fingerprint density at radius 3 is 2.32 bits per heavy atom. The fraction of sp³-hybridized carbons (Fsp3) is 0.231. The second kappa shape index (κ2) is 10.6. The summed E-state index contributed by atoms with van der Waals surface area (Å²) in [5, 5.41) is 0. The summed E-state index contributed by atoms with van der Waals surface area (Å²) in [5.41, 5.74) is 9.25. The van der Waals surface area contributed by atoms with Crippen LogP contribution in [0.5, 0.6) is 0 Å². The molecule has 0 saturated heterocycles. The summed E-state index contributed by atoms with van der Waals surface area (Å²) in [5.74, 6) is -0.948. The molecule has 2 amide bonds. The predicted octanol–water partition coefficient (Wildman–Crippen LogP) is 3.05. The van der Waals surface area contributed by atoms with Crippen molar-refractivity contribution < 1.29 is 18.0 Å². The molecule has 34 heavy (non-hydrogen) atoms. The molecule has 0 bridgehead atoms. The average Bonchev–Trinajstić information content (AvgIpc) is 2.87. The summed E-state index contributed by atoms with van der Waals surface area (Å²) in [6.07, 6.45) is 4.61. The quantitative estimate of drug-likeness (QED) is 0.455. The molecule has 3 aromatic carbocycles. The van der Waals surface area contributed by atoms with Gasteiger partial charge in [0.25, 0.3) is 5.91 Å². The Morgan fingerprint density at radius 2 is 1.53 bits per heavy atom. The smallest absolute Gasteiger partial charge is 0.269 e. The number of carbonyl (C=O) groups is 2. The molecule has 4 rings (SSSR count). The number of nitrogens with one attached hydrogen (secondary N) is 3. The summed E-state index contributed by atoms with van der Waals surface area (Å²) < 4.78 is 27.8. The van der Waals surface area contributed by atoms with E-state index in [0.29, 0.717) is 0 Å². The molecule has 0 unspecified atom stereocenters. The number of amides is 2. The van der Waals surface area contributed by atoms with Gasteiger partial charge in [0.15, 0.2) is 0 Å². The minimum Gasteiger partial charge on any atom is -0.273 e. The van der Waals surface area contributed by atoms with Crippen molar-refractivity contribution in [1.82, 2.24) is 15.6 Å². The van der Waals surface area contributed by atoms with E-state index in [0.717, 1.165) is 30.4 Å². The number of fused-ring (bicyclic) bond motifs is 1. The zero-order valence-electron chi connectivity index (χ0n) is 18.7. The summed E-state index contributed by atoms with van der Waals surface area (Å²) in [6.45, 7) is 0.137. The van der Waals surface area contributed by atoms with Gasteiger partial charge < -0.3 is 0 Å². The molecule has 0 aliphatic heterocycles. The van der Waals surface area contributed by atoms with Crippen molar-refractivity contribution in [3.05, 3.63) is 101 Å². The number of rotatable bonds is 7. The first kappa shape index (κ1) is 23.7. The molecule has 176 valence electrons. The first-order valence-corrected chi connectivity index (χ1v) is 12.7. The Balaban J connectivity index is 1.33. The largest absolute Gasteiger partial charge is 0.273 e. The van der Waals surface area contributed by atoms with Crippen LogP contribution in [0.25, 0.3) is 0 Å². The Morgan fingerprint density at radius 1 is 0.765 bits per heavy atom. The van der Waals surface area contributed by atoms with E-state index >= 15 is 0 Å². The molecule has 7 nitrogen and oxygen atoms in total. The van der Waals surface area contributed by atoms with Crippen molar-refractivity contribution in [2.45, 2.75) is 43.5 Å². The van der Waals surface area contributed by atoms with Crippen LogP contribution in [0.15, 0.2) is 77.7 Å². The van der Waals surface area contributed by atoms with Gasteiger partial charge in [-0.2, -0.15) is 0 Å². The second-order valence-corrected chi connectivity index (χ2v) is 10.1. The molecule has 0 atom stereocenters. The minimum atomic E-state index is -3.81. The first-order chi connectivity index (χ1) is 16.4. The topological polar surface area (TPSA) is 104 Å². The first-order valence-electron chi connectivity index (χ1n) is 11.2. The highest BCUT2D eigenvalue weighted by Gasteiger charge is 2.17. The van der Waals surface area contributed by atoms with Gasteiger partial charge in [-0.05, 0) is 66.1 Å². The summed E-state index contributed by atoms with van der Waals surface area (Å²) >= 11 is 0. The number of hydrogen-bond acceptors (Lipinski definition) is 4. The van der Waals surface area contributed by atoms with Gasteiger partial charge in [0.1, 0.15) is 0 Å². The molecule has 8 heteroatoms. The maximum Gasteiger partial charge on any atom is 0.269 e. The van der Waals surface area contributed by atoms with Gasteiger partial charge in [0, 0.05) is 12.1 Å². The van der Waals surface area contributed by atoms with Crippen molar-refractivity contribution in [3.8, 4) is 0 Å². The zero-order chi connectivity index (χ0) is 24.0. The monoisotopic (exact) mass is 477 g/mol. The lowest BCUT2D eigenvalue weighted by atomic mass is 9.90. The number of aryl methyl sites for hydroxylation is 2. The minimum absolute atomic E-state index is 0.0310. The molecule has 0 saturated carbocycles. The van der Waals surface area contributed by atoms with Gasteiger partial charge in [-0.1, -0.05) is 54.6 Å². The molecular weight excluding hydrogens is 450 g/mol. The van der Waals surface area contributed by atoms with E-state index in [1.807, 2.05) is 36.4 Å². The SMILES string of the molecule is O=C(Cc1ccc2c(c1)CCCC2)NNC(=O)c1cccc(S(=O)(=O)NCc2ccccc2)c1. The van der Waals surface area contributed by atoms with Gasteiger partial charge in [0.2, 0.25) is 15.9 Å². The third-order valence-electron chi connectivity index (χ3n) is 5.81. The maximum atomic E-state index is 12.6. The van der Waals surface area contributed by atoms with Crippen LogP contribution in [0.2, 0.25) is 0 Å². The summed E-state index contributed by atoms with van der Waals surface area (Å²) in [6, 6.07) is 20.9. The molecule has 0 aromatic heterocycles. The number of hydrogen-bond donors (Lipinski definition) is 3. The molecule has 0 heterocycles. The van der Waals surface area contributed by atoms with Crippen LogP contribution in [0, 0.1) is 0 Å². The van der Waals surface area contributed by atoms with Gasteiger partial charge in [0.05, 0.1) is 11.3 Å². The fourth-order valence-corrected chi connectivity index (χ4v) is 5.05. The van der Waals surface area contributed by atoms with E-state index in [1.54, 1.807) is 0 Å². The highest BCUT2D eigenvalue weighted by molar-refractivity contribution is 7.89. The van der Waals surface area contributed by atoms with Crippen LogP contribution in [0.3, 0.4) is 0 Å². The predicted molar refractivity (Wildman–Crippen MR) is 129 cm³/mol. The summed E-state index contributed by atoms with van der Waals surface area (Å²) in [7, 11) is -3.81. The molecular formula is C26H27N3O4S. The number of sulfonamides is 1. The summed E-state index contributed by atoms with van der Waals surface area (Å²) in [4.78, 5) is 24.8.